The molecule has 1 atom stereocenters. The van der Waals surface area contributed by atoms with Crippen molar-refractivity contribution in [2.24, 2.45) is 7.05 Å². The standard InChI is InChI=1S/C36H37FN8O4/c1-22-17-42(27-20-49-21-27)9-10-43(22)26-6-7-34(38-15-26)40-31-11-23(18-41(2)36(31)48)28-12-24(37)13-32(30(28)19-46)45-35(47)29-14-25-5-3-4-8-44(25)33(29)16-39-45/h6-7,11-16,18-19,22,27H,3-5,8-10,17,20-21H2,1-2H3,(H,38,40)/t22-/m0/s1. The summed E-state index contributed by atoms with van der Waals surface area (Å²) in [4.78, 5) is 49.0. The Labute approximate surface area is 281 Å². The summed E-state index contributed by atoms with van der Waals surface area (Å²) in [5, 5.41) is 7.97. The highest BCUT2D eigenvalue weighted by Gasteiger charge is 2.32. The van der Waals surface area contributed by atoms with Crippen molar-refractivity contribution >= 4 is 34.4 Å². The highest BCUT2D eigenvalue weighted by atomic mass is 19.1. The van der Waals surface area contributed by atoms with E-state index in [4.69, 9.17) is 4.74 Å². The van der Waals surface area contributed by atoms with Crippen LogP contribution in [-0.4, -0.2) is 80.0 Å². The molecule has 5 aromatic rings. The Morgan fingerprint density at radius 3 is 2.61 bits per heavy atom. The number of benzene rings is 1. The maximum Gasteiger partial charge on any atom is 0.280 e. The van der Waals surface area contributed by atoms with E-state index in [1.807, 2.05) is 18.2 Å². The van der Waals surface area contributed by atoms with E-state index in [0.29, 0.717) is 35.1 Å². The van der Waals surface area contributed by atoms with Gasteiger partial charge in [-0.2, -0.15) is 9.78 Å². The first-order chi connectivity index (χ1) is 23.8. The largest absolute Gasteiger partial charge is 0.378 e. The second-order valence-corrected chi connectivity index (χ2v) is 13.2. The lowest BCUT2D eigenvalue weighted by molar-refractivity contribution is -0.0691. The Balaban J connectivity index is 1.10. The zero-order chi connectivity index (χ0) is 33.8. The van der Waals surface area contributed by atoms with E-state index in [2.05, 4.69) is 36.7 Å². The van der Waals surface area contributed by atoms with E-state index in [-0.39, 0.29) is 28.1 Å². The molecule has 1 aromatic carbocycles. The first kappa shape index (κ1) is 31.1. The summed E-state index contributed by atoms with van der Waals surface area (Å²) in [6.45, 7) is 7.41. The lowest BCUT2D eigenvalue weighted by Crippen LogP contribution is -2.59. The number of piperazine rings is 1. The molecule has 0 radical (unpaired) electrons. The van der Waals surface area contributed by atoms with Crippen LogP contribution in [0.15, 0.2) is 64.6 Å². The number of hydrogen-bond donors (Lipinski definition) is 1. The van der Waals surface area contributed by atoms with Gasteiger partial charge in [-0.3, -0.25) is 19.3 Å². The molecule has 8 rings (SSSR count). The minimum Gasteiger partial charge on any atom is -0.378 e. The number of aldehydes is 1. The molecule has 0 amide bonds. The van der Waals surface area contributed by atoms with Gasteiger partial charge in [0.1, 0.15) is 17.3 Å². The third kappa shape index (κ3) is 5.52. The Morgan fingerprint density at radius 1 is 1.02 bits per heavy atom. The predicted octanol–water partition coefficient (Wildman–Crippen LogP) is 3.89. The van der Waals surface area contributed by atoms with Crippen molar-refractivity contribution in [2.75, 3.05) is 43.1 Å². The van der Waals surface area contributed by atoms with Crippen LogP contribution in [0, 0.1) is 5.82 Å². The van der Waals surface area contributed by atoms with E-state index < -0.39 is 11.4 Å². The number of aryl methyl sites for hydroxylation is 3. The average Bonchev–Trinajstić information content (AvgIpc) is 3.46. The van der Waals surface area contributed by atoms with E-state index in [1.165, 1.54) is 16.8 Å². The molecule has 49 heavy (non-hydrogen) atoms. The van der Waals surface area contributed by atoms with Gasteiger partial charge in [-0.05, 0) is 62.1 Å². The number of ether oxygens (including phenoxy) is 1. The number of anilines is 3. The number of rotatable bonds is 7. The quantitative estimate of drug-likeness (QED) is 0.259. The van der Waals surface area contributed by atoms with Gasteiger partial charge in [0.05, 0.1) is 53.9 Å². The molecule has 0 spiro atoms. The molecular formula is C36H37FN8O4. The fourth-order valence-corrected chi connectivity index (χ4v) is 7.42. The van der Waals surface area contributed by atoms with Crippen molar-refractivity contribution in [3.63, 3.8) is 0 Å². The van der Waals surface area contributed by atoms with Crippen LogP contribution in [0.5, 0.6) is 0 Å². The number of hydrogen-bond acceptors (Lipinski definition) is 9. The van der Waals surface area contributed by atoms with Crippen LogP contribution in [0.2, 0.25) is 0 Å². The van der Waals surface area contributed by atoms with Gasteiger partial charge in [0.2, 0.25) is 0 Å². The highest BCUT2D eigenvalue weighted by Crippen LogP contribution is 2.31. The topological polar surface area (TPSA) is 120 Å². The molecule has 3 aliphatic rings. The van der Waals surface area contributed by atoms with Crippen LogP contribution in [0.25, 0.3) is 27.7 Å². The van der Waals surface area contributed by atoms with Crippen molar-refractivity contribution in [3.05, 3.63) is 92.8 Å². The number of nitrogens with one attached hydrogen (secondary N) is 1. The molecule has 13 heteroatoms. The van der Waals surface area contributed by atoms with Gasteiger partial charge in [0.25, 0.3) is 11.1 Å². The molecule has 0 bridgehead atoms. The molecule has 0 saturated carbocycles. The first-order valence-corrected chi connectivity index (χ1v) is 16.7. The SMILES string of the molecule is C[C@H]1CN(C2COC2)CCN1c1ccc(Nc2cc(-c3cc(F)cc(-n4ncc5c(cc6n5CCCC6)c4=O)c3C=O)cn(C)c2=O)nc1. The second-order valence-electron chi connectivity index (χ2n) is 13.2. The number of carbonyl (C=O) groups excluding carboxylic acids is 1. The minimum absolute atomic E-state index is 0.0257. The van der Waals surface area contributed by atoms with E-state index in [9.17, 15) is 14.4 Å². The molecule has 1 N–H and O–H groups in total. The maximum atomic E-state index is 15.3. The van der Waals surface area contributed by atoms with Crippen LogP contribution in [0.4, 0.5) is 21.6 Å². The predicted molar refractivity (Wildman–Crippen MR) is 185 cm³/mol. The molecule has 2 fully saturated rings. The number of fused-ring (bicyclic) bond motifs is 3. The summed E-state index contributed by atoms with van der Waals surface area (Å²) in [5.41, 5.74) is 2.95. The monoisotopic (exact) mass is 664 g/mol. The summed E-state index contributed by atoms with van der Waals surface area (Å²) in [7, 11) is 1.58. The molecule has 12 nitrogen and oxygen atoms in total. The van der Waals surface area contributed by atoms with Gasteiger partial charge in [0, 0.05) is 68.4 Å². The summed E-state index contributed by atoms with van der Waals surface area (Å²) in [6, 6.07) is 10.4. The van der Waals surface area contributed by atoms with Gasteiger partial charge in [-0.1, -0.05) is 0 Å². The van der Waals surface area contributed by atoms with Crippen LogP contribution >= 0.6 is 0 Å². The molecule has 252 valence electrons. The van der Waals surface area contributed by atoms with E-state index >= 15 is 4.39 Å². The average molecular weight is 665 g/mol. The Kier molecular flexibility index (Phi) is 7.87. The lowest BCUT2D eigenvalue weighted by Gasteiger charge is -2.46. The highest BCUT2D eigenvalue weighted by molar-refractivity contribution is 5.93. The van der Waals surface area contributed by atoms with Gasteiger partial charge in [0.15, 0.2) is 6.29 Å². The molecule has 2 saturated heterocycles. The van der Waals surface area contributed by atoms with E-state index in [0.717, 1.165) is 86.3 Å². The van der Waals surface area contributed by atoms with Crippen molar-refractivity contribution in [3.8, 4) is 16.8 Å². The van der Waals surface area contributed by atoms with Crippen molar-refractivity contribution in [1.82, 2.24) is 28.8 Å². The minimum atomic E-state index is -0.655. The Morgan fingerprint density at radius 2 is 1.88 bits per heavy atom. The molecule has 7 heterocycles. The van der Waals surface area contributed by atoms with Crippen LogP contribution in [0.1, 0.15) is 35.8 Å². The molecule has 4 aromatic heterocycles. The Hall–Kier alpha value is -5.14. The zero-order valence-electron chi connectivity index (χ0n) is 27.4. The fourth-order valence-electron chi connectivity index (χ4n) is 7.42. The van der Waals surface area contributed by atoms with Crippen molar-refractivity contribution in [2.45, 2.75) is 44.8 Å². The zero-order valence-corrected chi connectivity index (χ0v) is 27.4. The number of aromatic nitrogens is 5. The molecule has 0 unspecified atom stereocenters. The Bertz CT molecular complexity index is 2200. The normalized spacial score (nSPS) is 18.3. The summed E-state index contributed by atoms with van der Waals surface area (Å²) in [6.07, 6.45) is 8.46. The summed E-state index contributed by atoms with van der Waals surface area (Å²) in [5.74, 6) is -0.192. The van der Waals surface area contributed by atoms with E-state index in [1.54, 1.807) is 25.5 Å². The second kappa shape index (κ2) is 12.4. The molecule has 0 aliphatic carbocycles. The first-order valence-electron chi connectivity index (χ1n) is 16.7. The van der Waals surface area contributed by atoms with Gasteiger partial charge in [-0.25, -0.2) is 9.37 Å². The van der Waals surface area contributed by atoms with Crippen molar-refractivity contribution in [1.29, 1.82) is 0 Å². The fraction of sp³-hybridized carbons (Fsp3) is 0.361. The van der Waals surface area contributed by atoms with Gasteiger partial charge >= 0.3 is 0 Å². The maximum absolute atomic E-state index is 15.3. The summed E-state index contributed by atoms with van der Waals surface area (Å²) < 4.78 is 25.2. The van der Waals surface area contributed by atoms with Crippen LogP contribution in [-0.2, 0) is 24.8 Å². The number of pyridine rings is 2. The van der Waals surface area contributed by atoms with Gasteiger partial charge in [-0.15, -0.1) is 0 Å². The smallest absolute Gasteiger partial charge is 0.280 e. The number of carbonyl (C=O) groups is 1. The van der Waals surface area contributed by atoms with Crippen molar-refractivity contribution < 1.29 is 13.9 Å². The third-order valence-electron chi connectivity index (χ3n) is 10.1. The number of nitrogens with zero attached hydrogens (tertiary/aromatic N) is 7. The summed E-state index contributed by atoms with van der Waals surface area (Å²) >= 11 is 0. The van der Waals surface area contributed by atoms with Gasteiger partial charge < -0.3 is 24.1 Å². The third-order valence-corrected chi connectivity index (χ3v) is 10.1. The lowest BCUT2D eigenvalue weighted by atomic mass is 9.99. The molecule has 3 aliphatic heterocycles. The number of halogens is 1. The molecular weight excluding hydrogens is 627 g/mol. The van der Waals surface area contributed by atoms with Crippen LogP contribution in [0.3, 0.4) is 0 Å². The van der Waals surface area contributed by atoms with Crippen LogP contribution < -0.4 is 21.3 Å².